The molecule has 4 aromatic heterocycles. The van der Waals surface area contributed by atoms with Gasteiger partial charge < -0.3 is 26.1 Å². The van der Waals surface area contributed by atoms with Crippen molar-refractivity contribution in [3.8, 4) is 11.1 Å². The van der Waals surface area contributed by atoms with Gasteiger partial charge in [0.1, 0.15) is 5.69 Å². The smallest absolute Gasteiger partial charge is 0.357 e. The van der Waals surface area contributed by atoms with Crippen LogP contribution in [0.4, 0.5) is 11.6 Å². The van der Waals surface area contributed by atoms with Gasteiger partial charge in [0, 0.05) is 45.0 Å². The summed E-state index contributed by atoms with van der Waals surface area (Å²) in [5.74, 6) is -1.34. The number of esters is 1. The lowest BCUT2D eigenvalue weighted by molar-refractivity contribution is 0.0594. The summed E-state index contributed by atoms with van der Waals surface area (Å²) in [5.41, 5.74) is 9.21. The maximum absolute atomic E-state index is 13.9. The summed E-state index contributed by atoms with van der Waals surface area (Å²) in [6, 6.07) is 13.8. The van der Waals surface area contributed by atoms with Gasteiger partial charge in [0.15, 0.2) is 11.6 Å². The molecule has 0 atom stereocenters. The molecular formula is C29H23N7O4S. The number of anilines is 2. The molecule has 0 radical (unpaired) electrons. The van der Waals surface area contributed by atoms with Crippen LogP contribution in [0.1, 0.15) is 38.3 Å². The third-order valence-corrected chi connectivity index (χ3v) is 7.52. The molecular weight excluding hydrogens is 542 g/mol. The molecule has 41 heavy (non-hydrogen) atoms. The molecule has 0 aliphatic heterocycles. The van der Waals surface area contributed by atoms with Crippen molar-refractivity contribution in [3.63, 3.8) is 0 Å². The van der Waals surface area contributed by atoms with E-state index in [0.717, 1.165) is 15.5 Å². The van der Waals surface area contributed by atoms with Gasteiger partial charge in [-0.3, -0.25) is 14.6 Å². The molecule has 0 saturated carbocycles. The topological polar surface area (TPSA) is 165 Å². The van der Waals surface area contributed by atoms with E-state index in [0.29, 0.717) is 39.9 Å². The Morgan fingerprint density at radius 3 is 2.66 bits per heavy atom. The number of aromatic amines is 1. The molecule has 0 bridgehead atoms. The van der Waals surface area contributed by atoms with E-state index in [9.17, 15) is 14.4 Å². The molecule has 4 heterocycles. The van der Waals surface area contributed by atoms with Gasteiger partial charge in [0.25, 0.3) is 11.8 Å². The first-order valence-corrected chi connectivity index (χ1v) is 13.5. The van der Waals surface area contributed by atoms with E-state index in [1.165, 1.54) is 13.2 Å². The highest BCUT2D eigenvalue weighted by molar-refractivity contribution is 7.18. The Morgan fingerprint density at radius 2 is 1.85 bits per heavy atom. The highest BCUT2D eigenvalue weighted by Gasteiger charge is 2.24. The molecule has 0 fully saturated rings. The second-order valence-electron chi connectivity index (χ2n) is 9.13. The minimum absolute atomic E-state index is 0.0494. The number of hydrogen-bond donors (Lipinski definition) is 4. The predicted octanol–water partition coefficient (Wildman–Crippen LogP) is 4.76. The van der Waals surface area contributed by atoms with Gasteiger partial charge in [0.05, 0.1) is 23.7 Å². The third kappa shape index (κ3) is 4.70. The van der Waals surface area contributed by atoms with Crippen LogP contribution in [-0.2, 0) is 4.74 Å². The Hall–Kier alpha value is -5.36. The van der Waals surface area contributed by atoms with Gasteiger partial charge in [-0.15, -0.1) is 11.3 Å². The van der Waals surface area contributed by atoms with Gasteiger partial charge in [-0.1, -0.05) is 0 Å². The molecule has 0 spiro atoms. The first-order chi connectivity index (χ1) is 19.9. The van der Waals surface area contributed by atoms with Gasteiger partial charge in [-0.05, 0) is 66.4 Å². The average Bonchev–Trinajstić information content (AvgIpc) is 3.61. The maximum atomic E-state index is 13.9. The number of fused-ring (bicyclic) bond motifs is 4. The number of carbonyl (C=O) groups excluding carboxylic acids is 3. The lowest BCUT2D eigenvalue weighted by atomic mass is 9.94. The first-order valence-electron chi connectivity index (χ1n) is 12.6. The molecule has 0 aliphatic carbocycles. The molecule has 6 aromatic rings. The van der Waals surface area contributed by atoms with Crippen molar-refractivity contribution in [2.24, 2.45) is 0 Å². The number of H-pyrrole nitrogens is 1. The number of nitrogens with two attached hydrogens (primary N) is 1. The van der Waals surface area contributed by atoms with Crippen LogP contribution in [0.25, 0.3) is 43.1 Å². The highest BCUT2D eigenvalue weighted by atomic mass is 32.1. The molecule has 0 saturated heterocycles. The fraction of sp³-hybridized carbons (Fsp3) is 0.103. The number of pyridine rings is 2. The lowest BCUT2D eigenvalue weighted by Crippen LogP contribution is -2.24. The molecule has 11 nitrogen and oxygen atoms in total. The van der Waals surface area contributed by atoms with Gasteiger partial charge in [-0.25, -0.2) is 14.8 Å². The fourth-order valence-corrected chi connectivity index (χ4v) is 5.58. The number of benzene rings is 2. The standard InChI is InChI=1S/C29H23N7O4S/c1-3-31-27(38)21-7-5-16(24(34-21)28(39)40-2)17-12-22-19(25-14(13-32-22)8-9-41-25)11-18(17)26(37)33-15-4-6-20-23(10-15)36-29(30)35-20/h4-13H,3H2,1-2H3,(H,31,38)(H,33,37)(H3,30,35,36). The van der Waals surface area contributed by atoms with Crippen LogP contribution in [0.15, 0.2) is 60.1 Å². The fourth-order valence-electron chi connectivity index (χ4n) is 4.68. The molecule has 12 heteroatoms. The van der Waals surface area contributed by atoms with Crippen LogP contribution < -0.4 is 16.4 Å². The number of amides is 2. The number of methoxy groups -OCH3 is 1. The van der Waals surface area contributed by atoms with Gasteiger partial charge >= 0.3 is 5.97 Å². The Kier molecular flexibility index (Phi) is 6.52. The third-order valence-electron chi connectivity index (χ3n) is 6.56. The van der Waals surface area contributed by atoms with Crippen molar-refractivity contribution in [2.75, 3.05) is 24.7 Å². The largest absolute Gasteiger partial charge is 0.464 e. The normalized spacial score (nSPS) is 11.2. The Labute approximate surface area is 236 Å². The number of aromatic nitrogens is 4. The lowest BCUT2D eigenvalue weighted by Gasteiger charge is -2.15. The maximum Gasteiger partial charge on any atom is 0.357 e. The van der Waals surface area contributed by atoms with Crippen molar-refractivity contribution in [2.45, 2.75) is 6.92 Å². The van der Waals surface area contributed by atoms with Crippen molar-refractivity contribution >= 4 is 72.8 Å². The summed E-state index contributed by atoms with van der Waals surface area (Å²) < 4.78 is 5.97. The number of nitrogens with one attached hydrogen (secondary N) is 3. The Bertz CT molecular complexity index is 2010. The zero-order chi connectivity index (χ0) is 28.7. The second-order valence-corrected chi connectivity index (χ2v) is 10.0. The minimum Gasteiger partial charge on any atom is -0.464 e. The Balaban J connectivity index is 1.54. The van der Waals surface area contributed by atoms with E-state index < -0.39 is 17.8 Å². The quantitative estimate of drug-likeness (QED) is 0.210. The molecule has 6 rings (SSSR count). The summed E-state index contributed by atoms with van der Waals surface area (Å²) in [4.78, 5) is 55.4. The van der Waals surface area contributed by atoms with Crippen LogP contribution >= 0.6 is 11.3 Å². The molecule has 2 aromatic carbocycles. The SMILES string of the molecule is CCNC(=O)c1ccc(-c2cc3ncc4ccsc4c3cc2C(=O)Nc2ccc3nc(N)[nH]c3c2)c(C(=O)OC)n1. The van der Waals surface area contributed by atoms with E-state index in [4.69, 9.17) is 10.5 Å². The van der Waals surface area contributed by atoms with Crippen LogP contribution in [0, 0.1) is 0 Å². The van der Waals surface area contributed by atoms with Gasteiger partial charge in [0.2, 0.25) is 0 Å². The van der Waals surface area contributed by atoms with Gasteiger partial charge in [-0.2, -0.15) is 0 Å². The number of thiophene rings is 1. The molecule has 2 amide bonds. The number of carbonyl (C=O) groups is 3. The minimum atomic E-state index is -0.749. The summed E-state index contributed by atoms with van der Waals surface area (Å²) in [6.45, 7) is 2.18. The number of imidazole rings is 1. The monoisotopic (exact) mass is 565 g/mol. The zero-order valence-corrected chi connectivity index (χ0v) is 22.8. The molecule has 0 unspecified atom stereocenters. The van der Waals surface area contributed by atoms with E-state index in [2.05, 4.69) is 30.6 Å². The van der Waals surface area contributed by atoms with E-state index in [1.807, 2.05) is 11.4 Å². The summed E-state index contributed by atoms with van der Waals surface area (Å²) in [6.07, 6.45) is 1.76. The van der Waals surface area contributed by atoms with Crippen molar-refractivity contribution < 1.29 is 19.1 Å². The first kappa shape index (κ1) is 25.9. The number of ether oxygens (including phenoxy) is 1. The van der Waals surface area contributed by atoms with Crippen LogP contribution in [0.2, 0.25) is 0 Å². The number of rotatable bonds is 6. The number of hydrogen-bond acceptors (Lipinski definition) is 9. The highest BCUT2D eigenvalue weighted by Crippen LogP contribution is 2.35. The Morgan fingerprint density at radius 1 is 1.00 bits per heavy atom. The van der Waals surface area contributed by atoms with Crippen molar-refractivity contribution in [1.29, 1.82) is 0 Å². The number of nitrogen functional groups attached to an aromatic ring is 1. The summed E-state index contributed by atoms with van der Waals surface area (Å²) in [5, 5.41) is 9.31. The van der Waals surface area contributed by atoms with Crippen molar-refractivity contribution in [1.82, 2.24) is 25.3 Å². The summed E-state index contributed by atoms with van der Waals surface area (Å²) >= 11 is 1.54. The van der Waals surface area contributed by atoms with Crippen LogP contribution in [0.3, 0.4) is 0 Å². The van der Waals surface area contributed by atoms with E-state index in [-0.39, 0.29) is 22.9 Å². The summed E-state index contributed by atoms with van der Waals surface area (Å²) in [7, 11) is 1.23. The molecule has 0 aliphatic rings. The molecule has 5 N–H and O–H groups in total. The second kappa shape index (κ2) is 10.3. The van der Waals surface area contributed by atoms with E-state index >= 15 is 0 Å². The molecule has 204 valence electrons. The zero-order valence-electron chi connectivity index (χ0n) is 21.9. The van der Waals surface area contributed by atoms with Crippen LogP contribution in [0.5, 0.6) is 0 Å². The predicted molar refractivity (Wildman–Crippen MR) is 158 cm³/mol. The average molecular weight is 566 g/mol. The van der Waals surface area contributed by atoms with E-state index in [1.54, 1.807) is 60.9 Å². The van der Waals surface area contributed by atoms with Crippen LogP contribution in [-0.4, -0.2) is 51.4 Å². The number of nitrogens with zero attached hydrogens (tertiary/aromatic N) is 3. The van der Waals surface area contributed by atoms with Crippen molar-refractivity contribution in [3.05, 3.63) is 77.1 Å².